The molecular weight excluding hydrogens is 336 g/mol. The molecule has 4 aromatic rings. The molecule has 0 spiro atoms. The van der Waals surface area contributed by atoms with Crippen LogP contribution in [-0.2, 0) is 12.8 Å². The molecule has 0 saturated carbocycles. The Labute approximate surface area is 166 Å². The topological polar surface area (TPSA) is 0 Å². The van der Waals surface area contributed by atoms with Crippen LogP contribution in [0, 0.1) is 6.92 Å². The summed E-state index contributed by atoms with van der Waals surface area (Å²) in [7, 11) is 0. The van der Waals surface area contributed by atoms with Gasteiger partial charge in [0.05, 0.1) is 0 Å². The van der Waals surface area contributed by atoms with Crippen molar-refractivity contribution in [1.29, 1.82) is 0 Å². The highest BCUT2D eigenvalue weighted by Gasteiger charge is 2.27. The van der Waals surface area contributed by atoms with Crippen molar-refractivity contribution >= 4 is 10.8 Å². The SMILES string of the molecule is Cc1ccc2c(c1C(C)C)Cc1ccc3c4c(ccc3c1-2)Cc1ccccc1-4. The van der Waals surface area contributed by atoms with Gasteiger partial charge in [-0.25, -0.2) is 0 Å². The summed E-state index contributed by atoms with van der Waals surface area (Å²) < 4.78 is 0. The van der Waals surface area contributed by atoms with E-state index in [0.717, 1.165) is 12.8 Å². The first-order chi connectivity index (χ1) is 13.6. The quantitative estimate of drug-likeness (QED) is 0.286. The molecule has 6 rings (SSSR count). The van der Waals surface area contributed by atoms with E-state index < -0.39 is 0 Å². The van der Waals surface area contributed by atoms with E-state index in [2.05, 4.69) is 81.4 Å². The third kappa shape index (κ3) is 2.01. The summed E-state index contributed by atoms with van der Waals surface area (Å²) in [5.41, 5.74) is 14.8. The fourth-order valence-electron chi connectivity index (χ4n) is 5.75. The lowest BCUT2D eigenvalue weighted by Crippen LogP contribution is -1.98. The molecule has 2 aliphatic rings. The molecular formula is C28H24. The second kappa shape index (κ2) is 5.58. The van der Waals surface area contributed by atoms with E-state index >= 15 is 0 Å². The molecule has 0 heterocycles. The normalized spacial score (nSPS) is 13.6. The van der Waals surface area contributed by atoms with E-state index in [4.69, 9.17) is 0 Å². The van der Waals surface area contributed by atoms with E-state index in [1.165, 1.54) is 55.3 Å². The molecule has 0 nitrogen and oxygen atoms in total. The maximum atomic E-state index is 2.39. The van der Waals surface area contributed by atoms with Crippen LogP contribution in [0.25, 0.3) is 33.0 Å². The molecule has 0 atom stereocenters. The lowest BCUT2D eigenvalue weighted by atomic mass is 9.88. The van der Waals surface area contributed by atoms with Crippen LogP contribution in [0.2, 0.25) is 0 Å². The van der Waals surface area contributed by atoms with E-state index in [-0.39, 0.29) is 0 Å². The Balaban J connectivity index is 1.68. The predicted molar refractivity (Wildman–Crippen MR) is 119 cm³/mol. The number of aryl methyl sites for hydroxylation is 1. The first-order valence-electron chi connectivity index (χ1n) is 10.4. The van der Waals surface area contributed by atoms with Crippen molar-refractivity contribution in [2.24, 2.45) is 0 Å². The summed E-state index contributed by atoms with van der Waals surface area (Å²) in [5.74, 6) is 0.562. The van der Waals surface area contributed by atoms with Crippen molar-refractivity contribution in [3.8, 4) is 22.3 Å². The molecule has 0 heteroatoms. The number of rotatable bonds is 1. The number of hydrogen-bond acceptors (Lipinski definition) is 0. The smallest absolute Gasteiger partial charge is 0.00103 e. The van der Waals surface area contributed by atoms with Gasteiger partial charge in [0.2, 0.25) is 0 Å². The van der Waals surface area contributed by atoms with Crippen LogP contribution >= 0.6 is 0 Å². The van der Waals surface area contributed by atoms with Crippen molar-refractivity contribution in [1.82, 2.24) is 0 Å². The zero-order valence-electron chi connectivity index (χ0n) is 16.8. The van der Waals surface area contributed by atoms with Gasteiger partial charge in [0.1, 0.15) is 0 Å². The highest BCUT2D eigenvalue weighted by Crippen LogP contribution is 2.48. The van der Waals surface area contributed by atoms with Crippen molar-refractivity contribution in [3.63, 3.8) is 0 Å². The highest BCUT2D eigenvalue weighted by molar-refractivity contribution is 6.09. The van der Waals surface area contributed by atoms with E-state index in [1.54, 1.807) is 11.1 Å². The average Bonchev–Trinajstić information content (AvgIpc) is 3.25. The fourth-order valence-corrected chi connectivity index (χ4v) is 5.75. The predicted octanol–water partition coefficient (Wildman–Crippen LogP) is 7.41. The minimum atomic E-state index is 0.562. The zero-order chi connectivity index (χ0) is 19.0. The molecule has 0 unspecified atom stereocenters. The van der Waals surface area contributed by atoms with Gasteiger partial charge in [0, 0.05) is 0 Å². The van der Waals surface area contributed by atoms with Gasteiger partial charge in [-0.05, 0) is 92.1 Å². The van der Waals surface area contributed by atoms with Crippen LogP contribution in [0.1, 0.15) is 53.1 Å². The molecule has 0 fully saturated rings. The van der Waals surface area contributed by atoms with Crippen LogP contribution in [0.3, 0.4) is 0 Å². The first kappa shape index (κ1) is 16.1. The summed E-state index contributed by atoms with van der Waals surface area (Å²) in [4.78, 5) is 0. The number of fused-ring (bicyclic) bond motifs is 9. The number of hydrogen-bond donors (Lipinski definition) is 0. The first-order valence-corrected chi connectivity index (χ1v) is 10.4. The Bertz CT molecular complexity index is 1290. The second-order valence-electron chi connectivity index (χ2n) is 8.78. The van der Waals surface area contributed by atoms with E-state index in [1.807, 2.05) is 0 Å². The Hall–Kier alpha value is -2.86. The van der Waals surface area contributed by atoms with Crippen LogP contribution < -0.4 is 0 Å². The fraction of sp³-hybridized carbons (Fsp3) is 0.214. The van der Waals surface area contributed by atoms with Gasteiger partial charge in [0.15, 0.2) is 0 Å². The minimum Gasteiger partial charge on any atom is -0.0619 e. The summed E-state index contributed by atoms with van der Waals surface area (Å²) in [6.45, 7) is 6.92. The zero-order valence-corrected chi connectivity index (χ0v) is 16.8. The van der Waals surface area contributed by atoms with Gasteiger partial charge >= 0.3 is 0 Å². The molecule has 136 valence electrons. The molecule has 2 aliphatic carbocycles. The van der Waals surface area contributed by atoms with Crippen molar-refractivity contribution in [2.75, 3.05) is 0 Å². The van der Waals surface area contributed by atoms with Gasteiger partial charge in [0.25, 0.3) is 0 Å². The highest BCUT2D eigenvalue weighted by atomic mass is 14.3. The van der Waals surface area contributed by atoms with Gasteiger partial charge < -0.3 is 0 Å². The molecule has 0 N–H and O–H groups in total. The summed E-state index contributed by atoms with van der Waals surface area (Å²) in [5, 5.41) is 2.84. The maximum absolute atomic E-state index is 2.39. The Morgan fingerprint density at radius 1 is 0.643 bits per heavy atom. The van der Waals surface area contributed by atoms with E-state index in [0.29, 0.717) is 5.92 Å². The monoisotopic (exact) mass is 360 g/mol. The third-order valence-corrected chi connectivity index (χ3v) is 6.83. The Morgan fingerprint density at radius 3 is 2.07 bits per heavy atom. The molecule has 0 bridgehead atoms. The molecule has 0 radical (unpaired) electrons. The van der Waals surface area contributed by atoms with Crippen molar-refractivity contribution in [2.45, 2.75) is 39.5 Å². The molecule has 0 aromatic heterocycles. The lowest BCUT2D eigenvalue weighted by Gasteiger charge is -2.16. The second-order valence-corrected chi connectivity index (χ2v) is 8.78. The molecule has 0 saturated heterocycles. The van der Waals surface area contributed by atoms with Gasteiger partial charge in [-0.15, -0.1) is 0 Å². The average molecular weight is 361 g/mol. The summed E-state index contributed by atoms with van der Waals surface area (Å²) >= 11 is 0. The lowest BCUT2D eigenvalue weighted by molar-refractivity contribution is 0.842. The standard InChI is InChI=1S/C28H24/c1-16(2)26-17(3)8-11-24-25(26)15-20-10-13-22-23(28(20)24)12-9-19-14-18-6-4-5-7-21(18)27(19)22/h4-13,16H,14-15H2,1-3H3. The molecule has 28 heavy (non-hydrogen) atoms. The van der Waals surface area contributed by atoms with Gasteiger partial charge in [-0.1, -0.05) is 74.5 Å². The summed E-state index contributed by atoms with van der Waals surface area (Å²) in [6.07, 6.45) is 2.13. The molecule has 0 amide bonds. The van der Waals surface area contributed by atoms with Crippen molar-refractivity contribution in [3.05, 3.63) is 94.0 Å². The van der Waals surface area contributed by atoms with E-state index in [9.17, 15) is 0 Å². The Morgan fingerprint density at radius 2 is 1.32 bits per heavy atom. The van der Waals surface area contributed by atoms with Crippen LogP contribution in [-0.4, -0.2) is 0 Å². The minimum absolute atomic E-state index is 0.562. The van der Waals surface area contributed by atoms with Crippen molar-refractivity contribution < 1.29 is 0 Å². The summed E-state index contributed by atoms with van der Waals surface area (Å²) in [6, 6.07) is 23.1. The largest absolute Gasteiger partial charge is 0.0619 e. The van der Waals surface area contributed by atoms with Gasteiger partial charge in [-0.3, -0.25) is 0 Å². The maximum Gasteiger partial charge on any atom is -0.00103 e. The molecule has 4 aromatic carbocycles. The van der Waals surface area contributed by atoms with Gasteiger partial charge in [-0.2, -0.15) is 0 Å². The van der Waals surface area contributed by atoms with Crippen LogP contribution in [0.15, 0.2) is 60.7 Å². The Kier molecular flexibility index (Phi) is 3.21. The molecule has 0 aliphatic heterocycles. The number of benzene rings is 4. The third-order valence-electron chi connectivity index (χ3n) is 6.83. The van der Waals surface area contributed by atoms with Crippen LogP contribution in [0.4, 0.5) is 0 Å². The van der Waals surface area contributed by atoms with Crippen LogP contribution in [0.5, 0.6) is 0 Å².